The number of amides is 3. The van der Waals surface area contributed by atoms with Gasteiger partial charge in [0.2, 0.25) is 5.91 Å². The Bertz CT molecular complexity index is 1160. The maximum absolute atomic E-state index is 12.8. The molecule has 0 aliphatic carbocycles. The molecule has 3 amide bonds. The minimum absolute atomic E-state index is 0.0382. The van der Waals surface area contributed by atoms with Crippen molar-refractivity contribution >= 4 is 39.7 Å². The summed E-state index contributed by atoms with van der Waals surface area (Å²) < 4.78 is 2.03. The second kappa shape index (κ2) is 7.67. The Morgan fingerprint density at radius 1 is 1.40 bits per heavy atom. The topological polar surface area (TPSA) is 123 Å². The van der Waals surface area contributed by atoms with Gasteiger partial charge in [0.05, 0.1) is 23.0 Å². The third-order valence-corrected chi connectivity index (χ3v) is 5.70. The number of rotatable bonds is 3. The highest BCUT2D eigenvalue weighted by atomic mass is 16.2. The lowest BCUT2D eigenvalue weighted by atomic mass is 9.93. The number of H-pyrrole nitrogens is 1. The number of anilines is 1. The molecule has 10 heteroatoms. The fraction of sp³-hybridized carbons (Fsp3) is 0.450. The Hall–Kier alpha value is -3.61. The average Bonchev–Trinajstić information content (AvgIpc) is 3.32. The Morgan fingerprint density at radius 2 is 2.20 bits per heavy atom. The maximum atomic E-state index is 12.8. The van der Waals surface area contributed by atoms with Gasteiger partial charge in [-0.05, 0) is 18.4 Å². The Balaban J connectivity index is 1.79. The van der Waals surface area contributed by atoms with E-state index in [0.717, 1.165) is 22.7 Å². The summed E-state index contributed by atoms with van der Waals surface area (Å²) in [5.74, 6) is 0.682. The van der Waals surface area contributed by atoms with Gasteiger partial charge in [-0.1, -0.05) is 6.92 Å². The van der Waals surface area contributed by atoms with E-state index in [1.807, 2.05) is 16.8 Å². The average molecular weight is 408 g/mol. The zero-order valence-electron chi connectivity index (χ0n) is 17.2. The van der Waals surface area contributed by atoms with Crippen LogP contribution in [0.3, 0.4) is 0 Å². The molecule has 1 aliphatic heterocycles. The Labute approximate surface area is 173 Å². The van der Waals surface area contributed by atoms with Crippen LogP contribution in [0.5, 0.6) is 0 Å². The van der Waals surface area contributed by atoms with Gasteiger partial charge in [-0.2, -0.15) is 5.26 Å². The number of nitrogens with one attached hydrogen (secondary N) is 2. The van der Waals surface area contributed by atoms with E-state index in [9.17, 15) is 9.59 Å². The van der Waals surface area contributed by atoms with Crippen molar-refractivity contribution in [2.24, 2.45) is 5.92 Å². The zero-order valence-corrected chi connectivity index (χ0v) is 17.2. The second-order valence-electron chi connectivity index (χ2n) is 7.82. The van der Waals surface area contributed by atoms with Crippen molar-refractivity contribution in [3.05, 3.63) is 18.5 Å². The third kappa shape index (κ3) is 3.32. The number of nitrogens with zero attached hydrogens (tertiary/aromatic N) is 6. The molecule has 4 rings (SSSR count). The standard InChI is InChI=1S/C20H24N8O2/c1-12-5-8-27(20(30)26(3)9-6-21)11-16(12)28-17-14-4-7-22-18(14)23-10-15(17)19(25-28)24-13(2)29/h4,7,10,12,16,25H,5,8-9,11H2,1-3H3,(H,24,29)/t12-,16+/m1/s1. The summed E-state index contributed by atoms with van der Waals surface area (Å²) in [6.07, 6.45) is 4.25. The number of fused-ring (bicyclic) bond motifs is 3. The summed E-state index contributed by atoms with van der Waals surface area (Å²) in [7, 11) is 1.63. The SMILES string of the molecule is CC(=O)Nc1[nH]n([C@H]2CN(C(=O)N(C)CC#N)CC[C@H]2C)c2c1cnc1nccc12. The van der Waals surface area contributed by atoms with Gasteiger partial charge in [0.25, 0.3) is 0 Å². The fourth-order valence-corrected chi connectivity index (χ4v) is 4.12. The van der Waals surface area contributed by atoms with Crippen molar-refractivity contribution < 1.29 is 9.59 Å². The molecule has 1 saturated heterocycles. The number of urea groups is 1. The highest BCUT2D eigenvalue weighted by molar-refractivity contribution is 6.08. The molecule has 0 unspecified atom stereocenters. The summed E-state index contributed by atoms with van der Waals surface area (Å²) in [6.45, 7) is 4.80. The summed E-state index contributed by atoms with van der Waals surface area (Å²) in [4.78, 5) is 36.4. The minimum atomic E-state index is -0.183. The summed E-state index contributed by atoms with van der Waals surface area (Å²) >= 11 is 0. The van der Waals surface area contributed by atoms with Crippen molar-refractivity contribution in [1.29, 1.82) is 5.26 Å². The van der Waals surface area contributed by atoms with Gasteiger partial charge in [-0.15, -0.1) is 0 Å². The molecule has 0 spiro atoms. The summed E-state index contributed by atoms with van der Waals surface area (Å²) in [5.41, 5.74) is 1.53. The molecule has 2 N–H and O–H groups in total. The van der Waals surface area contributed by atoms with Gasteiger partial charge in [0.15, 0.2) is 5.65 Å². The van der Waals surface area contributed by atoms with Crippen molar-refractivity contribution in [2.75, 3.05) is 32.0 Å². The van der Waals surface area contributed by atoms with Crippen molar-refractivity contribution in [2.45, 2.75) is 26.3 Å². The van der Waals surface area contributed by atoms with Crippen LogP contribution in [0.2, 0.25) is 0 Å². The lowest BCUT2D eigenvalue weighted by Gasteiger charge is -2.39. The molecule has 3 aromatic heterocycles. The number of pyridine rings is 1. The fourth-order valence-electron chi connectivity index (χ4n) is 4.12. The number of hydrogen-bond donors (Lipinski definition) is 2. The van der Waals surface area contributed by atoms with Crippen LogP contribution in [0, 0.1) is 17.2 Å². The monoisotopic (exact) mass is 408 g/mol. The molecular weight excluding hydrogens is 384 g/mol. The molecule has 10 nitrogen and oxygen atoms in total. The van der Waals surface area contributed by atoms with E-state index in [-0.39, 0.29) is 24.5 Å². The van der Waals surface area contributed by atoms with E-state index >= 15 is 0 Å². The van der Waals surface area contributed by atoms with E-state index < -0.39 is 0 Å². The van der Waals surface area contributed by atoms with Crippen LogP contribution < -0.4 is 5.32 Å². The number of aromatic amines is 1. The normalized spacial score (nSPS) is 19.1. The highest BCUT2D eigenvalue weighted by Crippen LogP contribution is 2.35. The Kier molecular flexibility index (Phi) is 5.03. The minimum Gasteiger partial charge on any atom is -0.322 e. The van der Waals surface area contributed by atoms with E-state index in [2.05, 4.69) is 27.3 Å². The van der Waals surface area contributed by atoms with E-state index in [1.165, 1.54) is 11.8 Å². The molecule has 0 bridgehead atoms. The molecule has 1 fully saturated rings. The number of hydrogen-bond acceptors (Lipinski definition) is 5. The smallest absolute Gasteiger partial charge is 0.320 e. The molecule has 2 atom stereocenters. The molecule has 0 aromatic carbocycles. The predicted molar refractivity (Wildman–Crippen MR) is 112 cm³/mol. The van der Waals surface area contributed by atoms with E-state index in [1.54, 1.807) is 24.3 Å². The van der Waals surface area contributed by atoms with Gasteiger partial charge >= 0.3 is 6.03 Å². The van der Waals surface area contributed by atoms with Gasteiger partial charge in [-0.3, -0.25) is 14.6 Å². The molecule has 3 aromatic rings. The maximum Gasteiger partial charge on any atom is 0.320 e. The van der Waals surface area contributed by atoms with Crippen molar-refractivity contribution in [3.8, 4) is 6.07 Å². The number of likely N-dealkylation sites (tertiary alicyclic amines) is 1. The van der Waals surface area contributed by atoms with Crippen molar-refractivity contribution in [1.82, 2.24) is 29.5 Å². The molecule has 1 aliphatic rings. The largest absolute Gasteiger partial charge is 0.322 e. The third-order valence-electron chi connectivity index (χ3n) is 5.70. The first-order valence-electron chi connectivity index (χ1n) is 9.89. The van der Waals surface area contributed by atoms with Crippen LogP contribution >= 0.6 is 0 Å². The molecule has 0 saturated carbocycles. The number of aromatic nitrogens is 4. The summed E-state index contributed by atoms with van der Waals surface area (Å²) in [5, 5.41) is 16.8. The molecule has 30 heavy (non-hydrogen) atoms. The van der Waals surface area contributed by atoms with Gasteiger partial charge in [-0.25, -0.2) is 14.8 Å². The first-order valence-corrected chi connectivity index (χ1v) is 9.89. The predicted octanol–water partition coefficient (Wildman–Crippen LogP) is 2.33. The number of piperidine rings is 1. The van der Waals surface area contributed by atoms with Crippen LogP contribution in [0.1, 0.15) is 26.3 Å². The molecule has 0 radical (unpaired) electrons. The lowest BCUT2D eigenvalue weighted by molar-refractivity contribution is -0.114. The zero-order chi connectivity index (χ0) is 21.4. The Morgan fingerprint density at radius 3 is 2.93 bits per heavy atom. The van der Waals surface area contributed by atoms with Crippen LogP contribution in [-0.4, -0.2) is 68.2 Å². The van der Waals surface area contributed by atoms with Crippen LogP contribution in [0.4, 0.5) is 10.6 Å². The number of carbonyl (C=O) groups excluding carboxylic acids is 2. The van der Waals surface area contributed by atoms with Gasteiger partial charge < -0.3 is 15.1 Å². The highest BCUT2D eigenvalue weighted by Gasteiger charge is 2.33. The first kappa shape index (κ1) is 19.7. The van der Waals surface area contributed by atoms with E-state index in [4.69, 9.17) is 5.26 Å². The summed E-state index contributed by atoms with van der Waals surface area (Å²) in [6, 6.07) is 3.72. The number of nitriles is 1. The number of carbonyl (C=O) groups is 2. The van der Waals surface area contributed by atoms with Crippen LogP contribution in [0.25, 0.3) is 21.9 Å². The molecule has 156 valence electrons. The van der Waals surface area contributed by atoms with Crippen LogP contribution in [-0.2, 0) is 4.79 Å². The van der Waals surface area contributed by atoms with Gasteiger partial charge in [0.1, 0.15) is 12.4 Å². The van der Waals surface area contributed by atoms with E-state index in [0.29, 0.717) is 30.5 Å². The molecular formula is C20H24N8O2. The lowest BCUT2D eigenvalue weighted by Crippen LogP contribution is -2.48. The van der Waals surface area contributed by atoms with Gasteiger partial charge in [0, 0.05) is 44.8 Å². The van der Waals surface area contributed by atoms with Crippen LogP contribution in [0.15, 0.2) is 18.5 Å². The first-order chi connectivity index (χ1) is 14.4. The quantitative estimate of drug-likeness (QED) is 0.644. The molecule has 4 heterocycles. The van der Waals surface area contributed by atoms with Crippen molar-refractivity contribution in [3.63, 3.8) is 0 Å². The second-order valence-corrected chi connectivity index (χ2v) is 7.82.